The second-order valence-electron chi connectivity index (χ2n) is 10.4. The molecule has 2 aliphatic rings. The maximum Gasteiger partial charge on any atom is 1.00 e. The Morgan fingerprint density at radius 3 is 2.05 bits per heavy atom. The van der Waals surface area contributed by atoms with Gasteiger partial charge < -0.3 is 22.6 Å². The van der Waals surface area contributed by atoms with Crippen molar-refractivity contribution in [2.45, 2.75) is 33.2 Å². The standard InChI is InChI=1S/C29H30BF3N5O2.K/c1-18-25(19(2)28(35-36-34)20(3)27(18)30(31,32)33)16-37-12-14-38(15-13-37)29(39)40-17-26-23-10-6-4-8-21(23)22-9-5-7-11-24(22)26;/h4-11,26H,12-17H2,1-3H3;/q-1;+1. The summed E-state index contributed by atoms with van der Waals surface area (Å²) in [7, 11) is 0. The molecule has 0 saturated carbocycles. The van der Waals surface area contributed by atoms with Gasteiger partial charge in [-0.1, -0.05) is 64.8 Å². The molecule has 1 aliphatic carbocycles. The Morgan fingerprint density at radius 1 is 0.951 bits per heavy atom. The first-order valence-corrected chi connectivity index (χ1v) is 13.3. The number of hydrogen-bond donors (Lipinski definition) is 0. The predicted octanol–water partition coefficient (Wildman–Crippen LogP) is 3.68. The van der Waals surface area contributed by atoms with Gasteiger partial charge in [0, 0.05) is 49.2 Å². The number of benzene rings is 3. The van der Waals surface area contributed by atoms with Gasteiger partial charge in [-0.15, -0.1) is 5.46 Å². The van der Waals surface area contributed by atoms with Gasteiger partial charge in [-0.05, 0) is 59.7 Å². The fourth-order valence-corrected chi connectivity index (χ4v) is 6.20. The van der Waals surface area contributed by atoms with Crippen LogP contribution in [0.1, 0.15) is 39.3 Å². The van der Waals surface area contributed by atoms with E-state index in [9.17, 15) is 17.7 Å². The number of nitrogens with zero attached hydrogens (tertiary/aromatic N) is 5. The molecule has 0 radical (unpaired) electrons. The molecule has 0 atom stereocenters. The third kappa shape index (κ3) is 6.24. The summed E-state index contributed by atoms with van der Waals surface area (Å²) in [5, 5.41) is 3.59. The minimum Gasteiger partial charge on any atom is -0.448 e. The van der Waals surface area contributed by atoms with Gasteiger partial charge in [0.05, 0.1) is 0 Å². The van der Waals surface area contributed by atoms with E-state index in [2.05, 4.69) is 34.3 Å². The Hall–Kier alpha value is -2.31. The van der Waals surface area contributed by atoms with Crippen molar-refractivity contribution in [2.24, 2.45) is 5.11 Å². The molecular weight excluding hydrogens is 557 g/mol. The van der Waals surface area contributed by atoms with Gasteiger partial charge in [0.15, 0.2) is 0 Å². The predicted molar refractivity (Wildman–Crippen MR) is 150 cm³/mol. The van der Waals surface area contributed by atoms with E-state index in [1.165, 1.54) is 13.8 Å². The average molecular weight is 587 g/mol. The van der Waals surface area contributed by atoms with Crippen molar-refractivity contribution in [3.63, 3.8) is 0 Å². The Balaban J connectivity index is 0.00000387. The fourth-order valence-electron chi connectivity index (χ4n) is 6.20. The first kappa shape index (κ1) is 31.6. The minimum absolute atomic E-state index is 0. The van der Waals surface area contributed by atoms with Crippen LogP contribution in [-0.2, 0) is 11.3 Å². The minimum atomic E-state index is -5.29. The van der Waals surface area contributed by atoms with Gasteiger partial charge in [-0.3, -0.25) is 4.90 Å². The van der Waals surface area contributed by atoms with Gasteiger partial charge in [0.25, 0.3) is 0 Å². The molecule has 3 aromatic rings. The number of hydrogen-bond acceptors (Lipinski definition) is 4. The molecule has 1 saturated heterocycles. The summed E-state index contributed by atoms with van der Waals surface area (Å²) in [5.41, 5.74) is 14.1. The molecule has 1 aliphatic heterocycles. The van der Waals surface area contributed by atoms with E-state index < -0.39 is 18.5 Å². The zero-order chi connectivity index (χ0) is 28.6. The van der Waals surface area contributed by atoms with Crippen LogP contribution in [0.2, 0.25) is 0 Å². The van der Waals surface area contributed by atoms with Crippen LogP contribution in [0.15, 0.2) is 53.6 Å². The molecule has 7 nitrogen and oxygen atoms in total. The van der Waals surface area contributed by atoms with Crippen LogP contribution in [0.5, 0.6) is 0 Å². The second kappa shape index (κ2) is 12.9. The number of amides is 1. The van der Waals surface area contributed by atoms with Crippen LogP contribution in [0.3, 0.4) is 0 Å². The molecule has 1 heterocycles. The van der Waals surface area contributed by atoms with Crippen LogP contribution in [-0.4, -0.2) is 55.7 Å². The van der Waals surface area contributed by atoms with Crippen LogP contribution < -0.4 is 56.8 Å². The second-order valence-corrected chi connectivity index (χ2v) is 10.4. The number of azide groups is 1. The third-order valence-electron chi connectivity index (χ3n) is 8.24. The van der Waals surface area contributed by atoms with E-state index in [-0.39, 0.29) is 87.3 Å². The molecule has 1 amide bonds. The van der Waals surface area contributed by atoms with E-state index in [1.807, 2.05) is 29.2 Å². The molecule has 0 bridgehead atoms. The van der Waals surface area contributed by atoms with E-state index in [0.717, 1.165) is 22.3 Å². The van der Waals surface area contributed by atoms with Crippen molar-refractivity contribution in [1.82, 2.24) is 9.80 Å². The summed E-state index contributed by atoms with van der Waals surface area (Å²) in [6.45, 7) is 1.52. The van der Waals surface area contributed by atoms with Crippen LogP contribution in [0.25, 0.3) is 21.6 Å². The number of carbonyl (C=O) groups excluding carboxylic acids is 1. The molecule has 3 aromatic carbocycles. The van der Waals surface area contributed by atoms with Crippen LogP contribution in [0, 0.1) is 20.8 Å². The number of piperazine rings is 1. The van der Waals surface area contributed by atoms with E-state index in [1.54, 1.807) is 11.8 Å². The van der Waals surface area contributed by atoms with Crippen molar-refractivity contribution in [3.05, 3.63) is 92.4 Å². The number of halogens is 3. The van der Waals surface area contributed by atoms with Crippen molar-refractivity contribution >= 4 is 24.2 Å². The number of carbonyl (C=O) groups is 1. The Kier molecular flexibility index (Phi) is 9.96. The largest absolute Gasteiger partial charge is 1.00 e. The normalized spacial score (nSPS) is 15.0. The molecule has 0 N–H and O–H groups in total. The maximum absolute atomic E-state index is 14.0. The summed E-state index contributed by atoms with van der Waals surface area (Å²) in [6.07, 6.45) is -0.392. The summed E-state index contributed by atoms with van der Waals surface area (Å²) in [5.74, 6) is -0.0279. The van der Waals surface area contributed by atoms with Gasteiger partial charge in [0.2, 0.25) is 0 Å². The first-order valence-electron chi connectivity index (χ1n) is 13.3. The van der Waals surface area contributed by atoms with Gasteiger partial charge in [-0.2, -0.15) is 0 Å². The maximum atomic E-state index is 14.0. The van der Waals surface area contributed by atoms with Crippen LogP contribution >= 0.6 is 0 Å². The molecule has 5 rings (SSSR count). The summed E-state index contributed by atoms with van der Waals surface area (Å²) >= 11 is 0. The van der Waals surface area contributed by atoms with E-state index in [4.69, 9.17) is 10.3 Å². The summed E-state index contributed by atoms with van der Waals surface area (Å²) < 4.78 is 47.7. The molecule has 0 aromatic heterocycles. The van der Waals surface area contributed by atoms with Crippen molar-refractivity contribution in [3.8, 4) is 11.1 Å². The Labute approximate surface area is 280 Å². The SMILES string of the molecule is Cc1c(CN2CCN(C(=O)OCC3c4ccccc4-c4ccccc43)CC2)c(C)c([B-](F)(F)F)c(C)c1N=[N+]=[N-].[K+]. The fraction of sp³-hybridized carbons (Fsp3) is 0.345. The van der Waals surface area contributed by atoms with Gasteiger partial charge in [-0.25, -0.2) is 4.79 Å². The Morgan fingerprint density at radius 2 is 1.51 bits per heavy atom. The summed E-state index contributed by atoms with van der Waals surface area (Å²) in [6, 6.07) is 16.3. The monoisotopic (exact) mass is 587 g/mol. The molecule has 208 valence electrons. The van der Waals surface area contributed by atoms with Crippen molar-refractivity contribution < 1.29 is 73.9 Å². The molecule has 41 heavy (non-hydrogen) atoms. The molecule has 12 heteroatoms. The first-order chi connectivity index (χ1) is 19.1. The number of fused-ring (bicyclic) bond motifs is 3. The van der Waals surface area contributed by atoms with E-state index in [0.29, 0.717) is 37.3 Å². The zero-order valence-corrected chi connectivity index (χ0v) is 26.8. The Bertz CT molecular complexity index is 1470. The topological polar surface area (TPSA) is 81.5 Å². The molecule has 0 unspecified atom stereocenters. The van der Waals surface area contributed by atoms with Crippen molar-refractivity contribution in [1.29, 1.82) is 0 Å². The molecule has 1 fully saturated rings. The van der Waals surface area contributed by atoms with Crippen LogP contribution in [0.4, 0.5) is 23.4 Å². The van der Waals surface area contributed by atoms with Crippen molar-refractivity contribution in [2.75, 3.05) is 32.8 Å². The molecule has 0 spiro atoms. The molecular formula is C29H30BF3KN5O2. The number of ether oxygens (including phenoxy) is 1. The summed E-state index contributed by atoms with van der Waals surface area (Å²) in [4.78, 5) is 19.4. The van der Waals surface area contributed by atoms with Gasteiger partial charge in [0.1, 0.15) is 6.61 Å². The number of rotatable bonds is 6. The quantitative estimate of drug-likeness (QED) is 0.191. The zero-order valence-electron chi connectivity index (χ0n) is 23.7. The van der Waals surface area contributed by atoms with Gasteiger partial charge >= 0.3 is 64.5 Å². The third-order valence-corrected chi connectivity index (χ3v) is 8.24. The smallest absolute Gasteiger partial charge is 0.448 e. The van der Waals surface area contributed by atoms with E-state index >= 15 is 0 Å². The average Bonchev–Trinajstić information content (AvgIpc) is 3.25.